The molecule has 1 aliphatic heterocycles. The zero-order valence-corrected chi connectivity index (χ0v) is 16.2. The summed E-state index contributed by atoms with van der Waals surface area (Å²) in [5.74, 6) is 0.0991. The topological polar surface area (TPSA) is 54.5 Å². The van der Waals surface area contributed by atoms with E-state index in [4.69, 9.17) is 4.74 Å². The van der Waals surface area contributed by atoms with Crippen LogP contribution >= 0.6 is 11.3 Å². The van der Waals surface area contributed by atoms with Crippen molar-refractivity contribution >= 4 is 17.2 Å². The lowest BCUT2D eigenvalue weighted by atomic mass is 10.1. The number of carbonyl (C=O) groups excluding carboxylic acids is 1. The van der Waals surface area contributed by atoms with E-state index in [9.17, 15) is 4.79 Å². The van der Waals surface area contributed by atoms with Gasteiger partial charge in [0.05, 0.1) is 25.5 Å². The number of ether oxygens (including phenoxy) is 1. The standard InChI is InChI=1S/C20H27N3O2S/c1-16-5-7-17(8-6-16)3-2-4-19(24)21-13-20-22-18(15-26-20)14-23-9-11-25-12-10-23/h5-8,15H,2-4,9-14H2,1H3,(H,21,24). The van der Waals surface area contributed by atoms with Crippen LogP contribution in [-0.4, -0.2) is 42.1 Å². The maximum absolute atomic E-state index is 12.0. The van der Waals surface area contributed by atoms with Crippen molar-refractivity contribution in [2.75, 3.05) is 26.3 Å². The van der Waals surface area contributed by atoms with E-state index in [0.717, 1.165) is 56.4 Å². The first-order valence-corrected chi connectivity index (χ1v) is 10.1. The maximum Gasteiger partial charge on any atom is 0.220 e. The highest BCUT2D eigenvalue weighted by Gasteiger charge is 2.12. The van der Waals surface area contributed by atoms with Gasteiger partial charge in [0, 0.05) is 31.4 Å². The lowest BCUT2D eigenvalue weighted by Crippen LogP contribution is -2.35. The Bertz CT molecular complexity index is 693. The van der Waals surface area contributed by atoms with Gasteiger partial charge in [0.1, 0.15) is 5.01 Å². The summed E-state index contributed by atoms with van der Waals surface area (Å²) in [6, 6.07) is 8.51. The minimum absolute atomic E-state index is 0.0991. The van der Waals surface area contributed by atoms with Gasteiger partial charge in [0.2, 0.25) is 5.91 Å². The molecule has 1 fully saturated rings. The first-order valence-electron chi connectivity index (χ1n) is 9.25. The molecule has 26 heavy (non-hydrogen) atoms. The van der Waals surface area contributed by atoms with Gasteiger partial charge < -0.3 is 10.1 Å². The molecule has 1 aromatic heterocycles. The molecular formula is C20H27N3O2S. The highest BCUT2D eigenvalue weighted by Crippen LogP contribution is 2.13. The molecule has 2 heterocycles. The van der Waals surface area contributed by atoms with Crippen LogP contribution < -0.4 is 5.32 Å². The van der Waals surface area contributed by atoms with Gasteiger partial charge in [0.15, 0.2) is 0 Å². The summed E-state index contributed by atoms with van der Waals surface area (Å²) < 4.78 is 5.37. The van der Waals surface area contributed by atoms with Gasteiger partial charge in [-0.15, -0.1) is 11.3 Å². The van der Waals surface area contributed by atoms with Crippen molar-refractivity contribution in [2.45, 2.75) is 39.3 Å². The van der Waals surface area contributed by atoms with Crippen LogP contribution in [-0.2, 0) is 29.0 Å². The average molecular weight is 374 g/mol. The predicted octanol–water partition coefficient (Wildman–Crippen LogP) is 2.92. The SMILES string of the molecule is Cc1ccc(CCCC(=O)NCc2nc(CN3CCOCC3)cs2)cc1. The lowest BCUT2D eigenvalue weighted by Gasteiger charge is -2.25. The number of benzene rings is 1. The second-order valence-electron chi connectivity index (χ2n) is 6.74. The van der Waals surface area contributed by atoms with Crippen LogP contribution in [0.4, 0.5) is 0 Å². The van der Waals surface area contributed by atoms with Gasteiger partial charge in [-0.2, -0.15) is 0 Å². The molecule has 0 spiro atoms. The molecule has 5 nitrogen and oxygen atoms in total. The number of nitrogens with zero attached hydrogens (tertiary/aromatic N) is 2. The third-order valence-electron chi connectivity index (χ3n) is 4.52. The van der Waals surface area contributed by atoms with Crippen LogP contribution in [0.25, 0.3) is 0 Å². The molecule has 0 bridgehead atoms. The fourth-order valence-electron chi connectivity index (χ4n) is 2.96. The van der Waals surface area contributed by atoms with Gasteiger partial charge in [-0.3, -0.25) is 9.69 Å². The quantitative estimate of drug-likeness (QED) is 0.773. The van der Waals surface area contributed by atoms with Gasteiger partial charge >= 0.3 is 0 Å². The normalized spacial score (nSPS) is 15.1. The third kappa shape index (κ3) is 6.20. The van der Waals surface area contributed by atoms with Crippen molar-refractivity contribution in [2.24, 2.45) is 0 Å². The molecule has 2 aromatic rings. The fourth-order valence-corrected chi connectivity index (χ4v) is 3.69. The number of aromatic nitrogens is 1. The van der Waals surface area contributed by atoms with Gasteiger partial charge in [-0.05, 0) is 25.3 Å². The Morgan fingerprint density at radius 3 is 2.81 bits per heavy atom. The number of nitrogens with one attached hydrogen (secondary N) is 1. The van der Waals surface area contributed by atoms with E-state index in [1.54, 1.807) is 11.3 Å². The number of thiazole rings is 1. The smallest absolute Gasteiger partial charge is 0.220 e. The number of hydrogen-bond donors (Lipinski definition) is 1. The minimum atomic E-state index is 0.0991. The van der Waals surface area contributed by atoms with Crippen LogP contribution in [0.3, 0.4) is 0 Å². The molecule has 140 valence electrons. The van der Waals surface area contributed by atoms with Crippen LogP contribution in [0.15, 0.2) is 29.6 Å². The Morgan fingerprint density at radius 1 is 1.27 bits per heavy atom. The maximum atomic E-state index is 12.0. The number of amides is 1. The molecule has 1 aromatic carbocycles. The zero-order valence-electron chi connectivity index (χ0n) is 15.4. The van der Waals surface area contributed by atoms with Crippen molar-refractivity contribution in [3.05, 3.63) is 51.5 Å². The average Bonchev–Trinajstić information content (AvgIpc) is 3.10. The minimum Gasteiger partial charge on any atom is -0.379 e. The molecule has 3 rings (SSSR count). The fraction of sp³-hybridized carbons (Fsp3) is 0.500. The number of hydrogen-bond acceptors (Lipinski definition) is 5. The molecular weight excluding hydrogens is 346 g/mol. The number of morpholine rings is 1. The molecule has 1 aliphatic rings. The Morgan fingerprint density at radius 2 is 2.04 bits per heavy atom. The van der Waals surface area contributed by atoms with E-state index < -0.39 is 0 Å². The summed E-state index contributed by atoms with van der Waals surface area (Å²) in [6.07, 6.45) is 2.36. The molecule has 0 saturated carbocycles. The van der Waals surface area contributed by atoms with Crippen molar-refractivity contribution in [3.8, 4) is 0 Å². The molecule has 1 saturated heterocycles. The first-order chi connectivity index (χ1) is 12.7. The van der Waals surface area contributed by atoms with Crippen molar-refractivity contribution in [1.82, 2.24) is 15.2 Å². The number of rotatable bonds is 8. The highest BCUT2D eigenvalue weighted by molar-refractivity contribution is 7.09. The molecule has 0 radical (unpaired) electrons. The highest BCUT2D eigenvalue weighted by atomic mass is 32.1. The Hall–Kier alpha value is -1.76. The van der Waals surface area contributed by atoms with Gasteiger partial charge in [-0.1, -0.05) is 29.8 Å². The van der Waals surface area contributed by atoms with Gasteiger partial charge in [0.25, 0.3) is 0 Å². The van der Waals surface area contributed by atoms with E-state index in [2.05, 4.69) is 51.8 Å². The van der Waals surface area contributed by atoms with E-state index >= 15 is 0 Å². The van der Waals surface area contributed by atoms with E-state index in [-0.39, 0.29) is 5.91 Å². The molecule has 0 unspecified atom stereocenters. The first kappa shape index (κ1) is 19.0. The zero-order chi connectivity index (χ0) is 18.2. The van der Waals surface area contributed by atoms with Crippen LogP contribution in [0.2, 0.25) is 0 Å². The Kier molecular flexibility index (Phi) is 7.17. The molecule has 6 heteroatoms. The predicted molar refractivity (Wildman–Crippen MR) is 104 cm³/mol. The van der Waals surface area contributed by atoms with Crippen molar-refractivity contribution in [3.63, 3.8) is 0 Å². The lowest BCUT2D eigenvalue weighted by molar-refractivity contribution is -0.121. The summed E-state index contributed by atoms with van der Waals surface area (Å²) in [6.45, 7) is 7.00. The summed E-state index contributed by atoms with van der Waals surface area (Å²) in [5, 5.41) is 6.05. The van der Waals surface area contributed by atoms with Crippen LogP contribution in [0.1, 0.15) is 34.7 Å². The van der Waals surface area contributed by atoms with Crippen LogP contribution in [0.5, 0.6) is 0 Å². The van der Waals surface area contributed by atoms with Crippen LogP contribution in [0, 0.1) is 6.92 Å². The monoisotopic (exact) mass is 373 g/mol. The molecule has 0 atom stereocenters. The summed E-state index contributed by atoms with van der Waals surface area (Å²) >= 11 is 1.62. The number of aryl methyl sites for hydroxylation is 2. The number of carbonyl (C=O) groups is 1. The second-order valence-corrected chi connectivity index (χ2v) is 7.68. The largest absolute Gasteiger partial charge is 0.379 e. The van der Waals surface area contributed by atoms with Gasteiger partial charge in [-0.25, -0.2) is 4.98 Å². The van der Waals surface area contributed by atoms with E-state index in [1.807, 2.05) is 0 Å². The Balaban J connectivity index is 1.34. The van der Waals surface area contributed by atoms with Crippen molar-refractivity contribution < 1.29 is 9.53 Å². The molecule has 1 amide bonds. The second kappa shape index (κ2) is 9.80. The summed E-state index contributed by atoms with van der Waals surface area (Å²) in [7, 11) is 0. The molecule has 0 aliphatic carbocycles. The molecule has 1 N–H and O–H groups in total. The summed E-state index contributed by atoms with van der Waals surface area (Å²) in [5.41, 5.74) is 3.64. The summed E-state index contributed by atoms with van der Waals surface area (Å²) in [4.78, 5) is 19.0. The van der Waals surface area contributed by atoms with E-state index in [0.29, 0.717) is 13.0 Å². The Labute approximate surface area is 159 Å². The van der Waals surface area contributed by atoms with Crippen molar-refractivity contribution in [1.29, 1.82) is 0 Å². The third-order valence-corrected chi connectivity index (χ3v) is 5.41. The van der Waals surface area contributed by atoms with E-state index in [1.165, 1.54) is 11.1 Å².